The zero-order valence-electron chi connectivity index (χ0n) is 9.60. The van der Waals surface area contributed by atoms with Crippen LogP contribution in [0, 0.1) is 0 Å². The Morgan fingerprint density at radius 1 is 1.12 bits per heavy atom. The third-order valence-electron chi connectivity index (χ3n) is 2.92. The van der Waals surface area contributed by atoms with Crippen LogP contribution in [0.1, 0.15) is 22.8 Å². The summed E-state index contributed by atoms with van der Waals surface area (Å²) < 4.78 is 0.865. The van der Waals surface area contributed by atoms with Crippen molar-refractivity contribution in [3.63, 3.8) is 0 Å². The lowest BCUT2D eigenvalue weighted by Gasteiger charge is -2.14. The Labute approximate surface area is 111 Å². The number of benzene rings is 1. The molecule has 1 aromatic heterocycles. The molecule has 0 aliphatic heterocycles. The summed E-state index contributed by atoms with van der Waals surface area (Å²) in [4.78, 5) is 1.34. The number of aryl methyl sites for hydroxylation is 1. The van der Waals surface area contributed by atoms with Gasteiger partial charge in [-0.05, 0) is 43.0 Å². The molecular formula is C14H16ClNS. The molecule has 0 radical (unpaired) electrons. The molecule has 0 fully saturated rings. The summed E-state index contributed by atoms with van der Waals surface area (Å²) in [5.41, 5.74) is 7.18. The topological polar surface area (TPSA) is 26.0 Å². The van der Waals surface area contributed by atoms with Crippen LogP contribution in [0.25, 0.3) is 0 Å². The van der Waals surface area contributed by atoms with Crippen LogP contribution in [-0.2, 0) is 6.42 Å². The Morgan fingerprint density at radius 2 is 1.88 bits per heavy atom. The minimum absolute atomic E-state index is 0.442. The van der Waals surface area contributed by atoms with Gasteiger partial charge in [0, 0.05) is 4.88 Å². The first-order valence-corrected chi connectivity index (χ1v) is 6.98. The van der Waals surface area contributed by atoms with Gasteiger partial charge in [-0.1, -0.05) is 41.9 Å². The normalized spacial score (nSPS) is 12.6. The molecule has 3 heteroatoms. The van der Waals surface area contributed by atoms with E-state index < -0.39 is 0 Å². The van der Waals surface area contributed by atoms with Crippen molar-refractivity contribution in [3.05, 3.63) is 57.2 Å². The van der Waals surface area contributed by atoms with Crippen molar-refractivity contribution in [1.82, 2.24) is 0 Å². The zero-order valence-corrected chi connectivity index (χ0v) is 11.2. The molecule has 0 spiro atoms. The molecule has 1 nitrogen and oxygen atoms in total. The van der Waals surface area contributed by atoms with Gasteiger partial charge in [0.05, 0.1) is 4.34 Å². The Kier molecular flexibility index (Phi) is 4.60. The Bertz CT molecular complexity index is 452. The van der Waals surface area contributed by atoms with Gasteiger partial charge >= 0.3 is 0 Å². The first-order chi connectivity index (χ1) is 8.29. The summed E-state index contributed by atoms with van der Waals surface area (Å²) in [6, 6.07) is 14.5. The highest BCUT2D eigenvalue weighted by Gasteiger charge is 2.10. The number of nitrogens with two attached hydrogens (primary N) is 1. The summed E-state index contributed by atoms with van der Waals surface area (Å²) in [5, 5.41) is 0. The number of thiophene rings is 1. The van der Waals surface area contributed by atoms with Gasteiger partial charge in [0.15, 0.2) is 0 Å². The first-order valence-electron chi connectivity index (χ1n) is 5.79. The Balaban J connectivity index is 1.97. The van der Waals surface area contributed by atoms with E-state index in [0.717, 1.165) is 17.2 Å². The molecule has 2 rings (SSSR count). The van der Waals surface area contributed by atoms with Crippen LogP contribution in [-0.4, -0.2) is 6.54 Å². The number of halogens is 1. The van der Waals surface area contributed by atoms with E-state index in [1.54, 1.807) is 11.3 Å². The summed E-state index contributed by atoms with van der Waals surface area (Å²) in [7, 11) is 0. The van der Waals surface area contributed by atoms with Gasteiger partial charge in [-0.2, -0.15) is 0 Å². The fourth-order valence-electron chi connectivity index (χ4n) is 1.95. The van der Waals surface area contributed by atoms with Crippen LogP contribution in [0.15, 0.2) is 42.5 Å². The van der Waals surface area contributed by atoms with Crippen molar-refractivity contribution in [2.24, 2.45) is 5.73 Å². The fraction of sp³-hybridized carbons (Fsp3) is 0.286. The molecule has 0 saturated carbocycles. The van der Waals surface area contributed by atoms with E-state index in [4.69, 9.17) is 17.3 Å². The molecule has 0 aliphatic carbocycles. The van der Waals surface area contributed by atoms with Gasteiger partial charge in [-0.15, -0.1) is 11.3 Å². The maximum Gasteiger partial charge on any atom is 0.0931 e. The van der Waals surface area contributed by atoms with Gasteiger partial charge in [0.2, 0.25) is 0 Å². The van der Waals surface area contributed by atoms with E-state index in [2.05, 4.69) is 30.3 Å². The van der Waals surface area contributed by atoms with E-state index >= 15 is 0 Å². The minimum atomic E-state index is 0.442. The van der Waals surface area contributed by atoms with Crippen LogP contribution in [0.3, 0.4) is 0 Å². The van der Waals surface area contributed by atoms with Gasteiger partial charge in [0.25, 0.3) is 0 Å². The molecule has 2 aromatic rings. The molecule has 1 unspecified atom stereocenters. The highest BCUT2D eigenvalue weighted by Crippen LogP contribution is 2.26. The van der Waals surface area contributed by atoms with Crippen molar-refractivity contribution in [2.75, 3.05) is 6.54 Å². The molecular weight excluding hydrogens is 250 g/mol. The molecule has 90 valence electrons. The molecule has 2 N–H and O–H groups in total. The second-order valence-electron chi connectivity index (χ2n) is 4.09. The average molecular weight is 266 g/mol. The van der Waals surface area contributed by atoms with Crippen molar-refractivity contribution >= 4 is 22.9 Å². The standard InChI is InChI=1S/C14H16ClNS/c15-14-9-8-13(17-14)7-6-12(10-16)11-4-2-1-3-5-11/h1-5,8-9,12H,6-7,10,16H2. The molecule has 0 saturated heterocycles. The lowest BCUT2D eigenvalue weighted by atomic mass is 9.94. The lowest BCUT2D eigenvalue weighted by molar-refractivity contribution is 0.637. The van der Waals surface area contributed by atoms with Gasteiger partial charge in [-0.25, -0.2) is 0 Å². The molecule has 0 bridgehead atoms. The highest BCUT2D eigenvalue weighted by atomic mass is 35.5. The Morgan fingerprint density at radius 3 is 2.47 bits per heavy atom. The van der Waals surface area contributed by atoms with Crippen LogP contribution >= 0.6 is 22.9 Å². The highest BCUT2D eigenvalue weighted by molar-refractivity contribution is 7.16. The smallest absolute Gasteiger partial charge is 0.0931 e. The van der Waals surface area contributed by atoms with Crippen LogP contribution < -0.4 is 5.73 Å². The summed E-state index contributed by atoms with van der Waals surface area (Å²) >= 11 is 7.58. The van der Waals surface area contributed by atoms with Crippen molar-refractivity contribution < 1.29 is 0 Å². The van der Waals surface area contributed by atoms with E-state index in [-0.39, 0.29) is 0 Å². The number of hydrogen-bond acceptors (Lipinski definition) is 2. The predicted octanol–water partition coefficient (Wildman–Crippen LogP) is 4.08. The summed E-state index contributed by atoms with van der Waals surface area (Å²) in [6.07, 6.45) is 2.13. The predicted molar refractivity (Wildman–Crippen MR) is 75.9 cm³/mol. The lowest BCUT2D eigenvalue weighted by Crippen LogP contribution is -2.13. The molecule has 0 aliphatic rings. The number of rotatable bonds is 5. The fourth-order valence-corrected chi connectivity index (χ4v) is 3.05. The largest absolute Gasteiger partial charge is 0.330 e. The molecule has 17 heavy (non-hydrogen) atoms. The van der Waals surface area contributed by atoms with E-state index in [0.29, 0.717) is 12.5 Å². The van der Waals surface area contributed by atoms with Crippen LogP contribution in [0.2, 0.25) is 4.34 Å². The second kappa shape index (κ2) is 6.20. The monoisotopic (exact) mass is 265 g/mol. The Hall–Kier alpha value is -0.830. The van der Waals surface area contributed by atoms with Gasteiger partial charge in [-0.3, -0.25) is 0 Å². The third-order valence-corrected chi connectivity index (χ3v) is 4.21. The first kappa shape index (κ1) is 12.6. The van der Waals surface area contributed by atoms with E-state index in [9.17, 15) is 0 Å². The summed E-state index contributed by atoms with van der Waals surface area (Å²) in [6.45, 7) is 0.698. The maximum absolute atomic E-state index is 5.92. The van der Waals surface area contributed by atoms with Gasteiger partial charge < -0.3 is 5.73 Å². The van der Waals surface area contributed by atoms with E-state index in [1.807, 2.05) is 12.1 Å². The molecule has 1 heterocycles. The maximum atomic E-state index is 5.92. The molecule has 1 aromatic carbocycles. The average Bonchev–Trinajstić information content (AvgIpc) is 2.77. The SMILES string of the molecule is NCC(CCc1ccc(Cl)s1)c1ccccc1. The van der Waals surface area contributed by atoms with Crippen molar-refractivity contribution in [2.45, 2.75) is 18.8 Å². The van der Waals surface area contributed by atoms with Crippen molar-refractivity contribution in [1.29, 1.82) is 0 Å². The number of hydrogen-bond donors (Lipinski definition) is 1. The zero-order chi connectivity index (χ0) is 12.1. The van der Waals surface area contributed by atoms with Crippen LogP contribution in [0.5, 0.6) is 0 Å². The second-order valence-corrected chi connectivity index (χ2v) is 5.89. The minimum Gasteiger partial charge on any atom is -0.330 e. The van der Waals surface area contributed by atoms with Crippen molar-refractivity contribution in [3.8, 4) is 0 Å². The quantitative estimate of drug-likeness (QED) is 0.866. The van der Waals surface area contributed by atoms with E-state index in [1.165, 1.54) is 10.4 Å². The third kappa shape index (κ3) is 3.56. The molecule has 1 atom stereocenters. The van der Waals surface area contributed by atoms with Gasteiger partial charge in [0.1, 0.15) is 0 Å². The molecule has 0 amide bonds. The van der Waals surface area contributed by atoms with Crippen LogP contribution in [0.4, 0.5) is 0 Å². The summed E-state index contributed by atoms with van der Waals surface area (Å²) in [5.74, 6) is 0.442.